The SMILES string of the molecule is CNC(CCc1ccc(OC)cc1)c1ccsc1C. The lowest BCUT2D eigenvalue weighted by Gasteiger charge is -2.16. The van der Waals surface area contributed by atoms with E-state index in [4.69, 9.17) is 4.74 Å². The molecule has 1 unspecified atom stereocenters. The minimum Gasteiger partial charge on any atom is -0.497 e. The summed E-state index contributed by atoms with van der Waals surface area (Å²) in [5.41, 5.74) is 2.79. The number of methoxy groups -OCH3 is 1. The first-order valence-corrected chi connectivity index (χ1v) is 7.46. The molecule has 2 nitrogen and oxygen atoms in total. The monoisotopic (exact) mass is 275 g/mol. The molecule has 0 amide bonds. The van der Waals surface area contributed by atoms with Gasteiger partial charge >= 0.3 is 0 Å². The van der Waals surface area contributed by atoms with E-state index in [1.807, 2.05) is 30.5 Å². The topological polar surface area (TPSA) is 21.3 Å². The second kappa shape index (κ2) is 6.73. The molecule has 3 heteroatoms. The van der Waals surface area contributed by atoms with Crippen molar-refractivity contribution in [1.29, 1.82) is 0 Å². The molecule has 1 heterocycles. The fourth-order valence-corrected chi connectivity index (χ4v) is 3.08. The molecule has 0 aliphatic heterocycles. The van der Waals surface area contributed by atoms with Crippen molar-refractivity contribution < 1.29 is 4.74 Å². The van der Waals surface area contributed by atoms with Gasteiger partial charge in [-0.1, -0.05) is 12.1 Å². The van der Waals surface area contributed by atoms with Crippen LogP contribution in [0.2, 0.25) is 0 Å². The van der Waals surface area contributed by atoms with Gasteiger partial charge in [-0.05, 0) is 61.5 Å². The number of rotatable bonds is 6. The van der Waals surface area contributed by atoms with Gasteiger partial charge in [-0.15, -0.1) is 11.3 Å². The van der Waals surface area contributed by atoms with Crippen LogP contribution >= 0.6 is 11.3 Å². The zero-order valence-electron chi connectivity index (χ0n) is 11.8. The average molecular weight is 275 g/mol. The van der Waals surface area contributed by atoms with Crippen molar-refractivity contribution in [2.75, 3.05) is 14.2 Å². The Kier molecular flexibility index (Phi) is 5.00. The maximum Gasteiger partial charge on any atom is 0.118 e. The molecule has 0 aliphatic carbocycles. The minimum atomic E-state index is 0.438. The van der Waals surface area contributed by atoms with Crippen LogP contribution in [0.15, 0.2) is 35.7 Å². The molecule has 1 aromatic carbocycles. The molecule has 102 valence electrons. The fourth-order valence-electron chi connectivity index (χ4n) is 2.31. The number of thiophene rings is 1. The summed E-state index contributed by atoms with van der Waals surface area (Å²) in [4.78, 5) is 1.41. The normalized spacial score (nSPS) is 12.4. The molecule has 2 rings (SSSR count). The van der Waals surface area contributed by atoms with Gasteiger partial charge in [0.15, 0.2) is 0 Å². The van der Waals surface area contributed by atoms with Crippen LogP contribution in [0, 0.1) is 6.92 Å². The van der Waals surface area contributed by atoms with E-state index in [1.165, 1.54) is 16.0 Å². The molecule has 0 bridgehead atoms. The van der Waals surface area contributed by atoms with Crippen molar-refractivity contribution in [3.63, 3.8) is 0 Å². The number of benzene rings is 1. The third-order valence-electron chi connectivity index (χ3n) is 3.50. The molecule has 19 heavy (non-hydrogen) atoms. The minimum absolute atomic E-state index is 0.438. The first kappa shape index (κ1) is 14.1. The van der Waals surface area contributed by atoms with E-state index in [2.05, 4.69) is 35.8 Å². The number of ether oxygens (including phenoxy) is 1. The molecule has 0 saturated carbocycles. The van der Waals surface area contributed by atoms with Crippen LogP contribution in [0.1, 0.15) is 28.5 Å². The third kappa shape index (κ3) is 3.58. The van der Waals surface area contributed by atoms with Gasteiger partial charge in [-0.2, -0.15) is 0 Å². The van der Waals surface area contributed by atoms with Gasteiger partial charge < -0.3 is 10.1 Å². The molecule has 0 spiro atoms. The standard InChI is InChI=1S/C16H21NOS/c1-12-15(10-11-19-12)16(17-2)9-6-13-4-7-14(18-3)8-5-13/h4-5,7-8,10-11,16-17H,6,9H2,1-3H3. The summed E-state index contributed by atoms with van der Waals surface area (Å²) in [5, 5.41) is 5.59. The Balaban J connectivity index is 1.98. The summed E-state index contributed by atoms with van der Waals surface area (Å²) in [6.45, 7) is 2.19. The van der Waals surface area contributed by atoms with Gasteiger partial charge in [0.25, 0.3) is 0 Å². The fraction of sp³-hybridized carbons (Fsp3) is 0.375. The van der Waals surface area contributed by atoms with E-state index in [-0.39, 0.29) is 0 Å². The Bertz CT molecular complexity index is 504. The van der Waals surface area contributed by atoms with Crippen molar-refractivity contribution in [2.24, 2.45) is 0 Å². The van der Waals surface area contributed by atoms with Crippen molar-refractivity contribution in [3.05, 3.63) is 51.7 Å². The molecule has 0 saturated heterocycles. The van der Waals surface area contributed by atoms with E-state index in [0.717, 1.165) is 18.6 Å². The highest BCUT2D eigenvalue weighted by Crippen LogP contribution is 2.26. The maximum absolute atomic E-state index is 5.18. The molecule has 0 fully saturated rings. The van der Waals surface area contributed by atoms with E-state index >= 15 is 0 Å². The molecule has 0 radical (unpaired) electrons. The highest BCUT2D eigenvalue weighted by atomic mass is 32.1. The Labute approximate surface area is 119 Å². The molecule has 1 N–H and O–H groups in total. The summed E-state index contributed by atoms with van der Waals surface area (Å²) >= 11 is 1.82. The van der Waals surface area contributed by atoms with Gasteiger partial charge in [0, 0.05) is 10.9 Å². The van der Waals surface area contributed by atoms with Gasteiger partial charge in [0.2, 0.25) is 0 Å². The first-order valence-electron chi connectivity index (χ1n) is 6.58. The quantitative estimate of drug-likeness (QED) is 0.861. The van der Waals surface area contributed by atoms with E-state index in [9.17, 15) is 0 Å². The zero-order chi connectivity index (χ0) is 13.7. The lowest BCUT2D eigenvalue weighted by Crippen LogP contribution is -2.17. The van der Waals surface area contributed by atoms with E-state index in [0.29, 0.717) is 6.04 Å². The third-order valence-corrected chi connectivity index (χ3v) is 4.36. The van der Waals surface area contributed by atoms with Crippen LogP contribution in [0.5, 0.6) is 5.75 Å². The predicted molar refractivity (Wildman–Crippen MR) is 82.2 cm³/mol. The average Bonchev–Trinajstić information content (AvgIpc) is 2.87. The highest BCUT2D eigenvalue weighted by Gasteiger charge is 2.12. The van der Waals surface area contributed by atoms with Crippen molar-refractivity contribution >= 4 is 11.3 Å². The van der Waals surface area contributed by atoms with Crippen molar-refractivity contribution in [1.82, 2.24) is 5.32 Å². The highest BCUT2D eigenvalue weighted by molar-refractivity contribution is 7.10. The van der Waals surface area contributed by atoms with Gasteiger partial charge in [0.1, 0.15) is 5.75 Å². The first-order chi connectivity index (χ1) is 9.24. The number of hydrogen-bond acceptors (Lipinski definition) is 3. The summed E-state index contributed by atoms with van der Waals surface area (Å²) in [5.74, 6) is 0.919. The van der Waals surface area contributed by atoms with E-state index < -0.39 is 0 Å². The lowest BCUT2D eigenvalue weighted by atomic mass is 10.00. The van der Waals surface area contributed by atoms with Crippen LogP contribution in [-0.4, -0.2) is 14.2 Å². The van der Waals surface area contributed by atoms with Crippen LogP contribution in [0.4, 0.5) is 0 Å². The summed E-state index contributed by atoms with van der Waals surface area (Å²) in [7, 11) is 3.74. The van der Waals surface area contributed by atoms with Gasteiger partial charge in [-0.25, -0.2) is 0 Å². The smallest absolute Gasteiger partial charge is 0.118 e. The van der Waals surface area contributed by atoms with Gasteiger partial charge in [-0.3, -0.25) is 0 Å². The van der Waals surface area contributed by atoms with E-state index in [1.54, 1.807) is 7.11 Å². The van der Waals surface area contributed by atoms with Crippen molar-refractivity contribution in [2.45, 2.75) is 25.8 Å². The molecular formula is C16H21NOS. The van der Waals surface area contributed by atoms with Crippen LogP contribution < -0.4 is 10.1 Å². The second-order valence-electron chi connectivity index (χ2n) is 4.66. The summed E-state index contributed by atoms with van der Waals surface area (Å²) in [6.07, 6.45) is 2.19. The second-order valence-corrected chi connectivity index (χ2v) is 5.78. The number of aryl methyl sites for hydroxylation is 2. The summed E-state index contributed by atoms with van der Waals surface area (Å²) in [6, 6.07) is 11.0. The largest absolute Gasteiger partial charge is 0.497 e. The molecule has 1 atom stereocenters. The Morgan fingerprint density at radius 1 is 1.21 bits per heavy atom. The van der Waals surface area contributed by atoms with Gasteiger partial charge in [0.05, 0.1) is 7.11 Å². The number of hydrogen-bond donors (Lipinski definition) is 1. The maximum atomic E-state index is 5.18. The van der Waals surface area contributed by atoms with Crippen LogP contribution in [0.3, 0.4) is 0 Å². The van der Waals surface area contributed by atoms with Crippen molar-refractivity contribution in [3.8, 4) is 5.75 Å². The molecule has 0 aliphatic rings. The Morgan fingerprint density at radius 3 is 2.47 bits per heavy atom. The Morgan fingerprint density at radius 2 is 1.95 bits per heavy atom. The molecular weight excluding hydrogens is 254 g/mol. The zero-order valence-corrected chi connectivity index (χ0v) is 12.6. The number of nitrogens with one attached hydrogen (secondary N) is 1. The predicted octanol–water partition coefficient (Wildman–Crippen LogP) is 3.96. The van der Waals surface area contributed by atoms with Crippen LogP contribution in [0.25, 0.3) is 0 Å². The Hall–Kier alpha value is -1.32. The molecule has 2 aromatic rings. The lowest BCUT2D eigenvalue weighted by molar-refractivity contribution is 0.414. The van der Waals surface area contributed by atoms with Crippen LogP contribution in [-0.2, 0) is 6.42 Å². The molecule has 1 aromatic heterocycles. The summed E-state index contributed by atoms with van der Waals surface area (Å²) < 4.78 is 5.18.